The van der Waals surface area contributed by atoms with Gasteiger partial charge in [-0.1, -0.05) is 36.4 Å². The maximum absolute atomic E-state index is 13.6. The lowest BCUT2D eigenvalue weighted by Gasteiger charge is -2.21. The van der Waals surface area contributed by atoms with Crippen molar-refractivity contribution in [1.29, 1.82) is 0 Å². The molecule has 0 radical (unpaired) electrons. The molecule has 0 aliphatic heterocycles. The van der Waals surface area contributed by atoms with Crippen LogP contribution in [-0.4, -0.2) is 24.8 Å². The molecule has 1 aromatic heterocycles. The number of fused-ring (bicyclic) bond motifs is 1. The molecular formula is C33H28F3N3O4S. The Bertz CT molecular complexity index is 1950. The van der Waals surface area contributed by atoms with Crippen LogP contribution in [-0.2, 0) is 16.2 Å². The Morgan fingerprint density at radius 1 is 0.841 bits per heavy atom. The fourth-order valence-electron chi connectivity index (χ4n) is 4.54. The number of aromatic nitrogens is 1. The van der Waals surface area contributed by atoms with Crippen LogP contribution in [0.4, 0.5) is 18.9 Å². The lowest BCUT2D eigenvalue weighted by Crippen LogP contribution is -2.40. The van der Waals surface area contributed by atoms with Crippen molar-refractivity contribution in [2.24, 2.45) is 0 Å². The maximum atomic E-state index is 13.6. The summed E-state index contributed by atoms with van der Waals surface area (Å²) < 4.78 is 75.4. The van der Waals surface area contributed by atoms with Gasteiger partial charge in [-0.15, -0.1) is 0 Å². The molecule has 0 bridgehead atoms. The van der Waals surface area contributed by atoms with Crippen molar-refractivity contribution >= 4 is 32.4 Å². The molecule has 11 heteroatoms. The fourth-order valence-corrected chi connectivity index (χ4v) is 6.19. The minimum atomic E-state index is -4.65. The van der Waals surface area contributed by atoms with Gasteiger partial charge in [0.1, 0.15) is 5.75 Å². The SMILES string of the molecule is CC(C)(C)NS(=O)(=O)c1ccccc1-c1ccc(C(=O)Nc2cc(C(F)(F)F)ccc2Oc2ccc3ccncc3c2)cc1. The van der Waals surface area contributed by atoms with E-state index in [0.29, 0.717) is 16.9 Å². The number of nitrogens with one attached hydrogen (secondary N) is 2. The zero-order valence-corrected chi connectivity index (χ0v) is 24.8. The van der Waals surface area contributed by atoms with Gasteiger partial charge in [0.25, 0.3) is 5.91 Å². The first kappa shape index (κ1) is 30.7. The first-order valence-corrected chi connectivity index (χ1v) is 15.0. The molecule has 0 aliphatic rings. The zero-order valence-electron chi connectivity index (χ0n) is 23.9. The molecule has 0 fully saturated rings. The van der Waals surface area contributed by atoms with Crippen molar-refractivity contribution in [3.63, 3.8) is 0 Å². The van der Waals surface area contributed by atoms with Crippen LogP contribution >= 0.6 is 0 Å². The first-order valence-electron chi connectivity index (χ1n) is 13.5. The summed E-state index contributed by atoms with van der Waals surface area (Å²) in [4.78, 5) is 17.4. The molecule has 5 aromatic rings. The monoisotopic (exact) mass is 619 g/mol. The number of hydrogen-bond donors (Lipinski definition) is 2. The molecule has 0 unspecified atom stereocenters. The van der Waals surface area contributed by atoms with Crippen molar-refractivity contribution in [3.05, 3.63) is 115 Å². The minimum absolute atomic E-state index is 0.0108. The number of amides is 1. The third kappa shape index (κ3) is 7.07. The van der Waals surface area contributed by atoms with E-state index in [1.807, 2.05) is 6.07 Å². The maximum Gasteiger partial charge on any atom is 0.416 e. The van der Waals surface area contributed by atoms with Crippen LogP contribution in [0.15, 0.2) is 108 Å². The number of hydrogen-bond acceptors (Lipinski definition) is 5. The molecule has 0 spiro atoms. The van der Waals surface area contributed by atoms with E-state index in [9.17, 15) is 26.4 Å². The molecular weight excluding hydrogens is 591 g/mol. The second kappa shape index (κ2) is 11.7. The van der Waals surface area contributed by atoms with Crippen molar-refractivity contribution in [3.8, 4) is 22.6 Å². The predicted molar refractivity (Wildman–Crippen MR) is 163 cm³/mol. The van der Waals surface area contributed by atoms with Gasteiger partial charge in [0.15, 0.2) is 5.75 Å². The Labute approximate surface area is 252 Å². The Kier molecular flexibility index (Phi) is 8.19. The van der Waals surface area contributed by atoms with E-state index in [2.05, 4.69) is 15.0 Å². The smallest absolute Gasteiger partial charge is 0.416 e. The number of anilines is 1. The van der Waals surface area contributed by atoms with E-state index in [4.69, 9.17) is 4.74 Å². The molecule has 0 saturated heterocycles. The number of alkyl halides is 3. The Hall–Kier alpha value is -4.74. The van der Waals surface area contributed by atoms with Gasteiger partial charge in [0, 0.05) is 34.4 Å². The third-order valence-electron chi connectivity index (χ3n) is 6.47. The van der Waals surface area contributed by atoms with Crippen LogP contribution in [0, 0.1) is 0 Å². The van der Waals surface area contributed by atoms with Gasteiger partial charge in [-0.25, -0.2) is 13.1 Å². The average molecular weight is 620 g/mol. The van der Waals surface area contributed by atoms with Crippen molar-refractivity contribution in [2.45, 2.75) is 37.4 Å². The molecule has 0 atom stereocenters. The van der Waals surface area contributed by atoms with Crippen molar-refractivity contribution in [1.82, 2.24) is 9.71 Å². The summed E-state index contributed by atoms with van der Waals surface area (Å²) in [6.45, 7) is 5.21. The molecule has 0 aliphatic carbocycles. The highest BCUT2D eigenvalue weighted by Crippen LogP contribution is 2.38. The third-order valence-corrected chi connectivity index (χ3v) is 8.29. The Morgan fingerprint density at radius 3 is 2.27 bits per heavy atom. The number of benzene rings is 4. The van der Waals surface area contributed by atoms with Gasteiger partial charge in [-0.05, 0) is 86.3 Å². The van der Waals surface area contributed by atoms with Gasteiger partial charge in [0.2, 0.25) is 10.0 Å². The van der Waals surface area contributed by atoms with E-state index in [1.54, 1.807) is 81.7 Å². The number of ether oxygens (including phenoxy) is 1. The average Bonchev–Trinajstić information content (AvgIpc) is 2.96. The standard InChI is InChI=1S/C33H28F3N3O4S/c1-32(2,3)39-44(41,42)30-7-5-4-6-27(30)22-8-10-23(11-9-22)31(40)38-28-19-25(33(34,35)36)13-15-29(28)43-26-14-12-21-16-17-37-20-24(21)18-26/h4-20,39H,1-3H3,(H,38,40). The minimum Gasteiger partial charge on any atom is -0.455 e. The van der Waals surface area contributed by atoms with E-state index in [1.165, 1.54) is 18.2 Å². The van der Waals surface area contributed by atoms with Gasteiger partial charge in [-0.2, -0.15) is 13.2 Å². The molecule has 7 nitrogen and oxygen atoms in total. The zero-order chi connectivity index (χ0) is 31.7. The molecule has 5 rings (SSSR count). The van der Waals surface area contributed by atoms with E-state index < -0.39 is 33.2 Å². The molecule has 0 saturated carbocycles. The summed E-state index contributed by atoms with van der Waals surface area (Å²) in [5.74, 6) is -0.324. The Balaban J connectivity index is 1.43. The topological polar surface area (TPSA) is 97.4 Å². The highest BCUT2D eigenvalue weighted by atomic mass is 32.2. The van der Waals surface area contributed by atoms with Crippen LogP contribution in [0.3, 0.4) is 0 Å². The summed E-state index contributed by atoms with van der Waals surface area (Å²) >= 11 is 0. The van der Waals surface area contributed by atoms with E-state index in [0.717, 1.165) is 29.0 Å². The highest BCUT2D eigenvalue weighted by Gasteiger charge is 2.32. The van der Waals surface area contributed by atoms with Gasteiger partial charge in [0.05, 0.1) is 16.1 Å². The largest absolute Gasteiger partial charge is 0.455 e. The van der Waals surface area contributed by atoms with Gasteiger partial charge in [-0.3, -0.25) is 9.78 Å². The molecule has 2 N–H and O–H groups in total. The number of carbonyl (C=O) groups is 1. The number of carbonyl (C=O) groups excluding carboxylic acids is 1. The number of rotatable bonds is 7. The summed E-state index contributed by atoms with van der Waals surface area (Å²) in [6.07, 6.45) is -1.37. The molecule has 1 heterocycles. The molecule has 226 valence electrons. The van der Waals surface area contributed by atoms with Gasteiger partial charge >= 0.3 is 6.18 Å². The van der Waals surface area contributed by atoms with Crippen LogP contribution in [0.5, 0.6) is 11.5 Å². The van der Waals surface area contributed by atoms with E-state index >= 15 is 0 Å². The van der Waals surface area contributed by atoms with Crippen molar-refractivity contribution < 1.29 is 31.1 Å². The second-order valence-electron chi connectivity index (χ2n) is 11.1. The fraction of sp³-hybridized carbons (Fsp3) is 0.152. The van der Waals surface area contributed by atoms with Crippen LogP contribution in [0.1, 0.15) is 36.7 Å². The predicted octanol–water partition coefficient (Wildman–Crippen LogP) is 8.04. The normalized spacial score (nSPS) is 12.2. The summed E-state index contributed by atoms with van der Waals surface area (Å²) in [7, 11) is -3.86. The summed E-state index contributed by atoms with van der Waals surface area (Å²) in [6, 6.07) is 22.4. The lowest BCUT2D eigenvalue weighted by molar-refractivity contribution is -0.137. The van der Waals surface area contributed by atoms with E-state index in [-0.39, 0.29) is 21.9 Å². The highest BCUT2D eigenvalue weighted by molar-refractivity contribution is 7.89. The number of nitrogens with zero attached hydrogens (tertiary/aromatic N) is 1. The van der Waals surface area contributed by atoms with Crippen LogP contribution in [0.2, 0.25) is 0 Å². The van der Waals surface area contributed by atoms with Gasteiger partial charge < -0.3 is 10.1 Å². The number of halogens is 3. The molecule has 4 aromatic carbocycles. The second-order valence-corrected chi connectivity index (χ2v) is 12.7. The molecule has 44 heavy (non-hydrogen) atoms. The lowest BCUT2D eigenvalue weighted by atomic mass is 10.0. The molecule has 1 amide bonds. The summed E-state index contributed by atoms with van der Waals surface area (Å²) in [5.41, 5.74) is -0.738. The quantitative estimate of drug-likeness (QED) is 0.192. The van der Waals surface area contributed by atoms with Crippen molar-refractivity contribution in [2.75, 3.05) is 5.32 Å². The van der Waals surface area contributed by atoms with Crippen LogP contribution < -0.4 is 14.8 Å². The summed E-state index contributed by atoms with van der Waals surface area (Å²) in [5, 5.41) is 4.21. The van der Waals surface area contributed by atoms with Crippen LogP contribution in [0.25, 0.3) is 21.9 Å². The number of sulfonamides is 1. The Morgan fingerprint density at radius 2 is 1.57 bits per heavy atom. The number of pyridine rings is 1. The first-order chi connectivity index (χ1) is 20.7.